The molecule has 1 N–H and O–H groups in total. The van der Waals surface area contributed by atoms with E-state index in [4.69, 9.17) is 0 Å². The Balaban J connectivity index is 2.07. The molecule has 1 fully saturated rings. The van der Waals surface area contributed by atoms with Gasteiger partial charge in [-0.3, -0.25) is 4.90 Å². The third-order valence-corrected chi connectivity index (χ3v) is 5.18. The number of thiophene rings is 1. The first-order valence-electron chi connectivity index (χ1n) is 8.23. The molecule has 2 heterocycles. The number of piperidine rings is 1. The second kappa shape index (κ2) is 8.16. The van der Waals surface area contributed by atoms with E-state index in [0.717, 1.165) is 0 Å². The predicted molar refractivity (Wildman–Crippen MR) is 89.4 cm³/mol. The fraction of sp³-hybridized carbons (Fsp3) is 0.765. The summed E-state index contributed by atoms with van der Waals surface area (Å²) < 4.78 is 0. The lowest BCUT2D eigenvalue weighted by atomic mass is 9.98. The van der Waals surface area contributed by atoms with Crippen LogP contribution in [0.4, 0.5) is 0 Å². The molecule has 1 aromatic heterocycles. The van der Waals surface area contributed by atoms with Crippen LogP contribution in [-0.4, -0.2) is 30.6 Å². The first-order valence-corrected chi connectivity index (χ1v) is 9.11. The molecule has 0 radical (unpaired) electrons. The fourth-order valence-corrected chi connectivity index (χ4v) is 4.42. The van der Waals surface area contributed by atoms with Crippen molar-refractivity contribution in [3.05, 3.63) is 22.4 Å². The van der Waals surface area contributed by atoms with Crippen molar-refractivity contribution in [1.82, 2.24) is 10.2 Å². The Labute approximate surface area is 128 Å². The molecule has 2 nitrogen and oxygen atoms in total. The van der Waals surface area contributed by atoms with Gasteiger partial charge in [0.25, 0.3) is 0 Å². The van der Waals surface area contributed by atoms with Crippen LogP contribution in [0.15, 0.2) is 17.5 Å². The minimum atomic E-state index is 0.582. The Morgan fingerprint density at radius 2 is 2.25 bits per heavy atom. The van der Waals surface area contributed by atoms with Crippen LogP contribution in [0.2, 0.25) is 0 Å². The van der Waals surface area contributed by atoms with E-state index >= 15 is 0 Å². The van der Waals surface area contributed by atoms with E-state index in [0.29, 0.717) is 18.0 Å². The van der Waals surface area contributed by atoms with E-state index in [1.54, 1.807) is 0 Å². The van der Waals surface area contributed by atoms with Crippen LogP contribution in [0.25, 0.3) is 0 Å². The van der Waals surface area contributed by atoms with E-state index in [9.17, 15) is 0 Å². The molecule has 2 rings (SSSR count). The summed E-state index contributed by atoms with van der Waals surface area (Å²) in [6, 6.07) is 5.78. The first-order chi connectivity index (χ1) is 9.72. The summed E-state index contributed by atoms with van der Waals surface area (Å²) >= 11 is 1.91. The Morgan fingerprint density at radius 3 is 2.80 bits per heavy atom. The molecular formula is C17H30N2S. The van der Waals surface area contributed by atoms with Gasteiger partial charge in [-0.15, -0.1) is 11.3 Å². The minimum Gasteiger partial charge on any atom is -0.313 e. The molecule has 2 unspecified atom stereocenters. The van der Waals surface area contributed by atoms with Crippen molar-refractivity contribution in [2.45, 2.75) is 58.5 Å². The summed E-state index contributed by atoms with van der Waals surface area (Å²) in [6.07, 6.45) is 5.32. The molecule has 1 aliphatic rings. The summed E-state index contributed by atoms with van der Waals surface area (Å²) in [4.78, 5) is 4.25. The van der Waals surface area contributed by atoms with Crippen molar-refractivity contribution >= 4 is 11.3 Å². The molecular weight excluding hydrogens is 264 g/mol. The molecule has 0 aliphatic carbocycles. The number of nitrogens with zero attached hydrogens (tertiary/aromatic N) is 1. The quantitative estimate of drug-likeness (QED) is 0.806. The number of hydrogen-bond acceptors (Lipinski definition) is 3. The van der Waals surface area contributed by atoms with Crippen LogP contribution >= 0.6 is 11.3 Å². The third kappa shape index (κ3) is 4.31. The second-order valence-electron chi connectivity index (χ2n) is 6.35. The summed E-state index contributed by atoms with van der Waals surface area (Å²) in [5, 5.41) is 5.92. The predicted octanol–water partition coefficient (Wildman–Crippen LogP) is 4.30. The van der Waals surface area contributed by atoms with Crippen molar-refractivity contribution in [3.63, 3.8) is 0 Å². The molecule has 20 heavy (non-hydrogen) atoms. The average molecular weight is 295 g/mol. The first kappa shape index (κ1) is 16.0. The molecule has 2 atom stereocenters. The largest absolute Gasteiger partial charge is 0.313 e. The standard InChI is InChI=1S/C17H30N2S/c1-4-11-19(13-15-8-5-6-10-18-15)17(14(2)3)16-9-7-12-20-16/h7,9,12,14-15,17-18H,4-6,8,10-11,13H2,1-3H3. The van der Waals surface area contributed by atoms with Crippen molar-refractivity contribution in [3.8, 4) is 0 Å². The van der Waals surface area contributed by atoms with Crippen LogP contribution in [0.3, 0.4) is 0 Å². The Kier molecular flexibility index (Phi) is 6.53. The van der Waals surface area contributed by atoms with E-state index in [-0.39, 0.29) is 0 Å². The zero-order valence-electron chi connectivity index (χ0n) is 13.3. The van der Waals surface area contributed by atoms with Gasteiger partial charge in [-0.2, -0.15) is 0 Å². The van der Waals surface area contributed by atoms with Gasteiger partial charge in [0.15, 0.2) is 0 Å². The number of nitrogens with one attached hydrogen (secondary N) is 1. The van der Waals surface area contributed by atoms with Gasteiger partial charge in [-0.05, 0) is 49.7 Å². The molecule has 1 aromatic rings. The van der Waals surface area contributed by atoms with Gasteiger partial charge >= 0.3 is 0 Å². The van der Waals surface area contributed by atoms with Gasteiger partial charge in [0, 0.05) is 23.5 Å². The van der Waals surface area contributed by atoms with Crippen LogP contribution in [0, 0.1) is 5.92 Å². The minimum absolute atomic E-state index is 0.582. The summed E-state index contributed by atoms with van der Waals surface area (Å²) in [7, 11) is 0. The van der Waals surface area contributed by atoms with E-state index in [1.165, 1.54) is 50.2 Å². The van der Waals surface area contributed by atoms with Gasteiger partial charge in [0.2, 0.25) is 0 Å². The van der Waals surface area contributed by atoms with Gasteiger partial charge in [-0.25, -0.2) is 0 Å². The Bertz CT molecular complexity index is 355. The summed E-state index contributed by atoms with van der Waals surface area (Å²) in [5.41, 5.74) is 0. The van der Waals surface area contributed by atoms with Gasteiger partial charge in [0.1, 0.15) is 0 Å². The highest BCUT2D eigenvalue weighted by Crippen LogP contribution is 2.32. The highest BCUT2D eigenvalue weighted by atomic mass is 32.1. The maximum atomic E-state index is 3.71. The maximum absolute atomic E-state index is 3.71. The SMILES string of the molecule is CCCN(CC1CCCCN1)C(c1cccs1)C(C)C. The van der Waals surface area contributed by atoms with Gasteiger partial charge in [-0.1, -0.05) is 33.3 Å². The van der Waals surface area contributed by atoms with Crippen molar-refractivity contribution in [1.29, 1.82) is 0 Å². The third-order valence-electron chi connectivity index (χ3n) is 4.24. The molecule has 114 valence electrons. The lowest BCUT2D eigenvalue weighted by Gasteiger charge is -2.37. The van der Waals surface area contributed by atoms with Crippen molar-refractivity contribution in [2.24, 2.45) is 5.92 Å². The number of hydrogen-bond donors (Lipinski definition) is 1. The lowest BCUT2D eigenvalue weighted by Crippen LogP contribution is -2.45. The normalized spacial score (nSPS) is 21.6. The second-order valence-corrected chi connectivity index (χ2v) is 7.33. The molecule has 1 saturated heterocycles. The maximum Gasteiger partial charge on any atom is 0.0465 e. The highest BCUT2D eigenvalue weighted by Gasteiger charge is 2.26. The fourth-order valence-electron chi connectivity index (χ4n) is 3.38. The number of rotatable bonds is 7. The van der Waals surface area contributed by atoms with Crippen molar-refractivity contribution in [2.75, 3.05) is 19.6 Å². The summed E-state index contributed by atoms with van der Waals surface area (Å²) in [6.45, 7) is 10.6. The van der Waals surface area contributed by atoms with E-state index in [2.05, 4.69) is 48.5 Å². The molecule has 0 bridgehead atoms. The van der Waals surface area contributed by atoms with E-state index < -0.39 is 0 Å². The van der Waals surface area contributed by atoms with Gasteiger partial charge in [0.05, 0.1) is 0 Å². The van der Waals surface area contributed by atoms with E-state index in [1.807, 2.05) is 11.3 Å². The molecule has 0 aromatic carbocycles. The topological polar surface area (TPSA) is 15.3 Å². The molecule has 0 spiro atoms. The van der Waals surface area contributed by atoms with Crippen molar-refractivity contribution < 1.29 is 0 Å². The zero-order valence-corrected chi connectivity index (χ0v) is 14.1. The molecule has 1 aliphatic heterocycles. The van der Waals surface area contributed by atoms with Crippen LogP contribution < -0.4 is 5.32 Å². The van der Waals surface area contributed by atoms with Crippen LogP contribution in [-0.2, 0) is 0 Å². The van der Waals surface area contributed by atoms with Gasteiger partial charge < -0.3 is 5.32 Å². The smallest absolute Gasteiger partial charge is 0.0465 e. The molecule has 0 saturated carbocycles. The Morgan fingerprint density at radius 1 is 1.40 bits per heavy atom. The highest BCUT2D eigenvalue weighted by molar-refractivity contribution is 7.10. The Hall–Kier alpha value is -0.380. The molecule has 3 heteroatoms. The zero-order chi connectivity index (χ0) is 14.4. The van der Waals surface area contributed by atoms with Crippen LogP contribution in [0.5, 0.6) is 0 Å². The lowest BCUT2D eigenvalue weighted by molar-refractivity contribution is 0.134. The average Bonchev–Trinajstić information content (AvgIpc) is 2.93. The monoisotopic (exact) mass is 294 g/mol. The van der Waals surface area contributed by atoms with Crippen LogP contribution in [0.1, 0.15) is 57.4 Å². The molecule has 0 amide bonds. The summed E-state index contributed by atoms with van der Waals surface area (Å²) in [5.74, 6) is 0.670.